The Bertz CT molecular complexity index is 2160. The summed E-state index contributed by atoms with van der Waals surface area (Å²) >= 11 is 0. The van der Waals surface area contributed by atoms with E-state index in [2.05, 4.69) is 42.5 Å². The van der Waals surface area contributed by atoms with Gasteiger partial charge < -0.3 is 74.8 Å². The lowest BCUT2D eigenvalue weighted by molar-refractivity contribution is -0.144. The lowest BCUT2D eigenvalue weighted by Gasteiger charge is -2.31. The second-order valence-corrected chi connectivity index (χ2v) is 19.5. The Hall–Kier alpha value is -7.38. The standard InChI is InChI=1S/C49H79N13O13/c1-7-28(6)40(61-45(71)39(51)27(4)5)46(72)59-32(18-20-38(65)66)47(73)62-22-12-16-35(62)44(70)58-31(17-19-36(50)63)41(67)55-25-37(64)56-33(23-26(2)3)43(69)57-30(15-11-21-54-49(52)53)42(68)60-34(48(74)75)24-29-13-9-8-10-14-29/h8-10,13-14,26-28,30-35,39-40H,7,11-12,15-25,51H2,1-6H3,(H2,50,63)(H,55,67)(H,56,64)(H,57,69)(H,58,70)(H,59,72)(H,60,68)(H,61,71)(H,65,66)(H,74,75)(H4,52,53,54)/t28-,30-,31-,32-,33-,34-,35-,39-,40-/m0/s1. The molecule has 418 valence electrons. The molecular weight excluding hydrogens is 979 g/mol. The van der Waals surface area contributed by atoms with E-state index in [0.717, 1.165) is 4.90 Å². The molecule has 0 spiro atoms. The second kappa shape index (κ2) is 32.0. The highest BCUT2D eigenvalue weighted by Crippen LogP contribution is 2.21. The number of nitrogens with one attached hydrogen (secondary N) is 9. The van der Waals surface area contributed by atoms with Crippen molar-refractivity contribution in [2.75, 3.05) is 19.6 Å². The fourth-order valence-electron chi connectivity index (χ4n) is 8.00. The molecule has 17 N–H and O–H groups in total. The van der Waals surface area contributed by atoms with E-state index in [1.165, 1.54) is 0 Å². The molecule has 0 saturated carbocycles. The average Bonchev–Trinajstić information content (AvgIpc) is 3.85. The number of carboxylic acid groups (broad SMARTS) is 2. The van der Waals surface area contributed by atoms with Crippen molar-refractivity contribution >= 4 is 71.1 Å². The highest BCUT2D eigenvalue weighted by molar-refractivity contribution is 5.98. The maximum atomic E-state index is 14.2. The van der Waals surface area contributed by atoms with Gasteiger partial charge in [-0.1, -0.05) is 78.3 Å². The molecule has 1 aromatic carbocycles. The summed E-state index contributed by atoms with van der Waals surface area (Å²) in [4.78, 5) is 146. The Morgan fingerprint density at radius 1 is 0.707 bits per heavy atom. The summed E-state index contributed by atoms with van der Waals surface area (Å²) in [5.41, 5.74) is 17.4. The number of rotatable bonds is 33. The van der Waals surface area contributed by atoms with Crippen LogP contribution in [0.5, 0.6) is 0 Å². The summed E-state index contributed by atoms with van der Waals surface area (Å²) in [7, 11) is 0. The van der Waals surface area contributed by atoms with Crippen LogP contribution in [0.3, 0.4) is 0 Å². The number of likely N-dealkylation sites (tertiary alicyclic amines) is 1. The van der Waals surface area contributed by atoms with Gasteiger partial charge in [-0.2, -0.15) is 0 Å². The first-order valence-electron chi connectivity index (χ1n) is 25.3. The number of carboxylic acids is 2. The minimum absolute atomic E-state index is 0.00811. The number of amides is 9. The van der Waals surface area contributed by atoms with E-state index in [1.54, 1.807) is 71.9 Å². The van der Waals surface area contributed by atoms with E-state index in [1.807, 2.05) is 0 Å². The molecule has 9 atom stereocenters. The summed E-state index contributed by atoms with van der Waals surface area (Å²) in [6.07, 6.45) is -0.679. The van der Waals surface area contributed by atoms with E-state index in [-0.39, 0.29) is 75.8 Å². The molecule has 9 amide bonds. The average molecular weight is 1060 g/mol. The number of nitrogens with zero attached hydrogens (tertiary/aromatic N) is 1. The number of carbonyl (C=O) groups excluding carboxylic acids is 9. The van der Waals surface area contributed by atoms with Crippen LogP contribution in [0, 0.1) is 23.2 Å². The van der Waals surface area contributed by atoms with E-state index < -0.39 is 139 Å². The fraction of sp³-hybridized carbons (Fsp3) is 0.633. The highest BCUT2D eigenvalue weighted by Gasteiger charge is 2.40. The Labute approximate surface area is 436 Å². The van der Waals surface area contributed by atoms with Crippen molar-refractivity contribution in [2.24, 2.45) is 35.0 Å². The maximum Gasteiger partial charge on any atom is 0.326 e. The number of benzene rings is 1. The molecule has 75 heavy (non-hydrogen) atoms. The zero-order valence-electron chi connectivity index (χ0n) is 43.7. The van der Waals surface area contributed by atoms with Crippen molar-refractivity contribution in [2.45, 2.75) is 161 Å². The first kappa shape index (κ1) is 63.7. The number of primary amides is 1. The van der Waals surface area contributed by atoms with Crippen molar-refractivity contribution in [3.05, 3.63) is 35.9 Å². The van der Waals surface area contributed by atoms with Crippen LogP contribution in [0.4, 0.5) is 0 Å². The lowest BCUT2D eigenvalue weighted by Crippen LogP contribution is -2.60. The van der Waals surface area contributed by atoms with Crippen LogP contribution in [0.25, 0.3) is 0 Å². The summed E-state index contributed by atoms with van der Waals surface area (Å²) < 4.78 is 0. The Balaban J connectivity index is 2.27. The van der Waals surface area contributed by atoms with Gasteiger partial charge in [-0.3, -0.25) is 53.4 Å². The van der Waals surface area contributed by atoms with Crippen molar-refractivity contribution < 1.29 is 63.0 Å². The van der Waals surface area contributed by atoms with Crippen LogP contribution in [0.2, 0.25) is 0 Å². The topological polar surface area (TPSA) is 430 Å². The summed E-state index contributed by atoms with van der Waals surface area (Å²) in [6.45, 7) is 9.88. The molecule has 1 heterocycles. The van der Waals surface area contributed by atoms with Crippen molar-refractivity contribution in [3.8, 4) is 0 Å². The molecule has 1 aliphatic rings. The molecule has 1 aromatic rings. The van der Waals surface area contributed by atoms with E-state index in [0.29, 0.717) is 18.4 Å². The molecule has 0 unspecified atom stereocenters. The van der Waals surface area contributed by atoms with Crippen LogP contribution in [0.15, 0.2) is 30.3 Å². The summed E-state index contributed by atoms with van der Waals surface area (Å²) in [6, 6.07) is -1.65. The summed E-state index contributed by atoms with van der Waals surface area (Å²) in [5, 5.41) is 47.2. The molecule has 2 rings (SSSR count). The molecule has 1 aliphatic heterocycles. The second-order valence-electron chi connectivity index (χ2n) is 19.5. The number of nitrogens with two attached hydrogens (primary N) is 3. The van der Waals surface area contributed by atoms with Gasteiger partial charge in [0.1, 0.15) is 42.3 Å². The van der Waals surface area contributed by atoms with Gasteiger partial charge in [0.25, 0.3) is 0 Å². The third-order valence-corrected chi connectivity index (χ3v) is 12.5. The van der Waals surface area contributed by atoms with Crippen LogP contribution in [-0.2, 0) is 59.2 Å². The molecule has 0 aliphatic carbocycles. The van der Waals surface area contributed by atoms with Crippen LogP contribution >= 0.6 is 0 Å². The zero-order valence-corrected chi connectivity index (χ0v) is 43.7. The Kier molecular flexibility index (Phi) is 27.2. The fourth-order valence-corrected chi connectivity index (χ4v) is 8.00. The van der Waals surface area contributed by atoms with Crippen molar-refractivity contribution in [1.82, 2.24) is 47.4 Å². The monoisotopic (exact) mass is 1060 g/mol. The molecule has 0 aromatic heterocycles. The minimum Gasteiger partial charge on any atom is -0.481 e. The largest absolute Gasteiger partial charge is 0.481 e. The van der Waals surface area contributed by atoms with Crippen molar-refractivity contribution in [3.63, 3.8) is 0 Å². The number of aliphatic carboxylic acids is 2. The predicted molar refractivity (Wildman–Crippen MR) is 273 cm³/mol. The van der Waals surface area contributed by atoms with E-state index in [4.69, 9.17) is 22.6 Å². The van der Waals surface area contributed by atoms with E-state index in [9.17, 15) is 63.0 Å². The third-order valence-electron chi connectivity index (χ3n) is 12.5. The summed E-state index contributed by atoms with van der Waals surface area (Å²) in [5.74, 6) is -11.1. The quantitative estimate of drug-likeness (QED) is 0.0202. The molecule has 26 heteroatoms. The van der Waals surface area contributed by atoms with E-state index >= 15 is 0 Å². The zero-order chi connectivity index (χ0) is 56.5. The molecule has 1 saturated heterocycles. The lowest BCUT2D eigenvalue weighted by atomic mass is 9.96. The maximum absolute atomic E-state index is 14.2. The molecule has 0 radical (unpaired) electrons. The van der Waals surface area contributed by atoms with Gasteiger partial charge in [-0.05, 0) is 68.3 Å². The van der Waals surface area contributed by atoms with Gasteiger partial charge in [-0.15, -0.1) is 0 Å². The van der Waals surface area contributed by atoms with Crippen LogP contribution < -0.4 is 59.7 Å². The highest BCUT2D eigenvalue weighted by atomic mass is 16.4. The Morgan fingerprint density at radius 2 is 1.31 bits per heavy atom. The molecule has 26 nitrogen and oxygen atoms in total. The molecular formula is C49H79N13O13. The number of hydrogen-bond acceptors (Lipinski definition) is 13. The molecule has 1 fully saturated rings. The van der Waals surface area contributed by atoms with Gasteiger partial charge in [0.2, 0.25) is 53.2 Å². The smallest absolute Gasteiger partial charge is 0.326 e. The van der Waals surface area contributed by atoms with Crippen LogP contribution in [-0.4, -0.2) is 154 Å². The number of carbonyl (C=O) groups is 11. The predicted octanol–water partition coefficient (Wildman–Crippen LogP) is -2.20. The van der Waals surface area contributed by atoms with Crippen LogP contribution in [0.1, 0.15) is 111 Å². The number of guanidine groups is 1. The normalized spacial score (nSPS) is 16.3. The first-order chi connectivity index (χ1) is 35.2. The van der Waals surface area contributed by atoms with Gasteiger partial charge in [0.05, 0.1) is 12.6 Å². The van der Waals surface area contributed by atoms with Gasteiger partial charge in [0, 0.05) is 32.4 Å². The van der Waals surface area contributed by atoms with Crippen molar-refractivity contribution in [1.29, 1.82) is 5.41 Å². The third kappa shape index (κ3) is 22.7. The Morgan fingerprint density at radius 3 is 1.88 bits per heavy atom. The van der Waals surface area contributed by atoms with Gasteiger partial charge >= 0.3 is 11.9 Å². The van der Waals surface area contributed by atoms with Gasteiger partial charge in [0.15, 0.2) is 5.96 Å². The number of hydrogen-bond donors (Lipinski definition) is 14. The SMILES string of the molecule is CC[C@H](C)[C@H](NC(=O)[C@@H](N)C(C)C)C(=O)N[C@@H](CCC(=O)O)C(=O)N1CCC[C@H]1C(=O)N[C@@H](CCC(N)=O)C(=O)NCC(=O)N[C@@H](CC(C)C)C(=O)N[C@@H](CCCNC(=N)N)C(=O)N[C@@H](Cc1ccccc1)C(=O)O. The molecule has 0 bridgehead atoms. The minimum atomic E-state index is -1.49. The van der Waals surface area contributed by atoms with Gasteiger partial charge in [-0.25, -0.2) is 4.79 Å². The first-order valence-corrected chi connectivity index (χ1v) is 25.3.